The van der Waals surface area contributed by atoms with Crippen LogP contribution in [-0.2, 0) is 10.2 Å². The Balaban J connectivity index is 2.46. The van der Waals surface area contributed by atoms with Gasteiger partial charge < -0.3 is 5.73 Å². The van der Waals surface area contributed by atoms with Crippen molar-refractivity contribution in [2.24, 2.45) is 5.73 Å². The number of nitrogens with one attached hydrogen (secondary N) is 2. The van der Waals surface area contributed by atoms with Crippen molar-refractivity contribution in [3.05, 3.63) is 35.9 Å². The van der Waals surface area contributed by atoms with Crippen LogP contribution >= 0.6 is 0 Å². The normalized spacial score (nSPS) is 13.5. The van der Waals surface area contributed by atoms with E-state index >= 15 is 0 Å². The zero-order valence-corrected chi connectivity index (χ0v) is 10.7. The number of rotatable bonds is 7. The first kappa shape index (κ1) is 14.1. The first-order valence-electron chi connectivity index (χ1n) is 5.60. The van der Waals surface area contributed by atoms with E-state index in [2.05, 4.69) is 9.44 Å². The van der Waals surface area contributed by atoms with Crippen LogP contribution in [0, 0.1) is 0 Å². The highest BCUT2D eigenvalue weighted by atomic mass is 32.2. The van der Waals surface area contributed by atoms with Crippen LogP contribution in [-0.4, -0.2) is 21.5 Å². The van der Waals surface area contributed by atoms with Crippen molar-refractivity contribution >= 4 is 10.2 Å². The SMILES string of the molecule is CCCNS(=O)(=O)NCC(N)c1ccccc1. The highest BCUT2D eigenvalue weighted by Gasteiger charge is 2.11. The maximum atomic E-state index is 11.4. The van der Waals surface area contributed by atoms with E-state index in [-0.39, 0.29) is 12.6 Å². The molecule has 0 fully saturated rings. The summed E-state index contributed by atoms with van der Waals surface area (Å²) in [5.74, 6) is 0. The van der Waals surface area contributed by atoms with Crippen molar-refractivity contribution in [3.63, 3.8) is 0 Å². The lowest BCUT2D eigenvalue weighted by Gasteiger charge is -2.13. The van der Waals surface area contributed by atoms with Crippen LogP contribution in [0.1, 0.15) is 24.9 Å². The van der Waals surface area contributed by atoms with Gasteiger partial charge in [0.1, 0.15) is 0 Å². The Hall–Kier alpha value is -0.950. The van der Waals surface area contributed by atoms with E-state index in [1.165, 1.54) is 0 Å². The van der Waals surface area contributed by atoms with E-state index in [0.29, 0.717) is 6.54 Å². The number of hydrogen-bond acceptors (Lipinski definition) is 3. The predicted octanol–water partition coefficient (Wildman–Crippen LogP) is 0.520. The Morgan fingerprint density at radius 2 is 1.88 bits per heavy atom. The minimum atomic E-state index is -3.43. The van der Waals surface area contributed by atoms with Crippen LogP contribution in [0.5, 0.6) is 0 Å². The van der Waals surface area contributed by atoms with Gasteiger partial charge in [0.2, 0.25) is 0 Å². The Bertz CT molecular complexity index is 420. The molecule has 1 aromatic carbocycles. The van der Waals surface area contributed by atoms with Crippen LogP contribution in [0.4, 0.5) is 0 Å². The van der Waals surface area contributed by atoms with Gasteiger partial charge in [-0.1, -0.05) is 37.3 Å². The molecule has 0 aromatic heterocycles. The molecule has 0 bridgehead atoms. The first-order valence-corrected chi connectivity index (χ1v) is 7.08. The summed E-state index contributed by atoms with van der Waals surface area (Å²) in [5, 5.41) is 0. The molecule has 0 saturated carbocycles. The minimum Gasteiger partial charge on any atom is -0.323 e. The third-order valence-corrected chi connectivity index (χ3v) is 3.39. The van der Waals surface area contributed by atoms with Gasteiger partial charge in [-0.05, 0) is 12.0 Å². The molecule has 96 valence electrons. The summed E-state index contributed by atoms with van der Waals surface area (Å²) >= 11 is 0. The van der Waals surface area contributed by atoms with Crippen molar-refractivity contribution in [3.8, 4) is 0 Å². The molecule has 1 rings (SSSR count). The predicted molar refractivity (Wildman–Crippen MR) is 68.6 cm³/mol. The molecule has 0 radical (unpaired) electrons. The van der Waals surface area contributed by atoms with Crippen molar-refractivity contribution in [2.45, 2.75) is 19.4 Å². The highest BCUT2D eigenvalue weighted by molar-refractivity contribution is 7.87. The standard InChI is InChI=1S/C11H19N3O2S/c1-2-8-13-17(15,16)14-9-11(12)10-6-4-3-5-7-10/h3-7,11,13-14H,2,8-9,12H2,1H3. The van der Waals surface area contributed by atoms with Gasteiger partial charge in [-0.3, -0.25) is 0 Å². The van der Waals surface area contributed by atoms with Crippen molar-refractivity contribution in [2.75, 3.05) is 13.1 Å². The van der Waals surface area contributed by atoms with Gasteiger partial charge in [0.15, 0.2) is 0 Å². The van der Waals surface area contributed by atoms with E-state index in [4.69, 9.17) is 5.73 Å². The molecule has 1 aromatic rings. The van der Waals surface area contributed by atoms with Gasteiger partial charge in [-0.25, -0.2) is 9.44 Å². The molecule has 5 nitrogen and oxygen atoms in total. The Kier molecular flexibility index (Phi) is 5.57. The number of benzene rings is 1. The van der Waals surface area contributed by atoms with E-state index in [1.54, 1.807) is 0 Å². The summed E-state index contributed by atoms with van der Waals surface area (Å²) in [7, 11) is -3.43. The van der Waals surface area contributed by atoms with E-state index in [1.807, 2.05) is 37.3 Å². The first-order chi connectivity index (χ1) is 8.05. The summed E-state index contributed by atoms with van der Waals surface area (Å²) in [6.45, 7) is 2.51. The summed E-state index contributed by atoms with van der Waals surface area (Å²) in [4.78, 5) is 0. The molecule has 0 heterocycles. The van der Waals surface area contributed by atoms with Crippen molar-refractivity contribution < 1.29 is 8.42 Å². The lowest BCUT2D eigenvalue weighted by molar-refractivity contribution is 0.557. The number of hydrogen-bond donors (Lipinski definition) is 3. The molecular weight excluding hydrogens is 238 g/mol. The van der Waals surface area contributed by atoms with Crippen LogP contribution < -0.4 is 15.2 Å². The molecule has 4 N–H and O–H groups in total. The lowest BCUT2D eigenvalue weighted by atomic mass is 10.1. The molecule has 1 atom stereocenters. The molecule has 0 aliphatic heterocycles. The van der Waals surface area contributed by atoms with Crippen molar-refractivity contribution in [1.82, 2.24) is 9.44 Å². The second-order valence-electron chi connectivity index (χ2n) is 3.76. The quantitative estimate of drug-likeness (QED) is 0.666. The van der Waals surface area contributed by atoms with E-state index in [0.717, 1.165) is 12.0 Å². The molecule has 0 aliphatic carbocycles. The maximum absolute atomic E-state index is 11.4. The zero-order chi connectivity index (χ0) is 12.7. The van der Waals surface area contributed by atoms with Gasteiger partial charge in [0, 0.05) is 19.1 Å². The summed E-state index contributed by atoms with van der Waals surface area (Å²) in [6.07, 6.45) is 0.756. The molecular formula is C11H19N3O2S. The third kappa shape index (κ3) is 5.27. The third-order valence-electron chi connectivity index (χ3n) is 2.26. The fourth-order valence-corrected chi connectivity index (χ4v) is 2.28. The number of nitrogens with two attached hydrogens (primary N) is 1. The van der Waals surface area contributed by atoms with E-state index < -0.39 is 10.2 Å². The van der Waals surface area contributed by atoms with Crippen LogP contribution in [0.3, 0.4) is 0 Å². The monoisotopic (exact) mass is 257 g/mol. The molecule has 0 aliphatic rings. The summed E-state index contributed by atoms with van der Waals surface area (Å²) in [5.41, 5.74) is 6.78. The maximum Gasteiger partial charge on any atom is 0.276 e. The van der Waals surface area contributed by atoms with E-state index in [9.17, 15) is 8.42 Å². The van der Waals surface area contributed by atoms with Crippen LogP contribution in [0.15, 0.2) is 30.3 Å². The van der Waals surface area contributed by atoms with Gasteiger partial charge in [-0.15, -0.1) is 0 Å². The summed E-state index contributed by atoms with van der Waals surface area (Å²) in [6, 6.07) is 9.05. The minimum absolute atomic E-state index is 0.184. The molecule has 0 amide bonds. The molecule has 0 saturated heterocycles. The van der Waals surface area contributed by atoms with Crippen molar-refractivity contribution in [1.29, 1.82) is 0 Å². The topological polar surface area (TPSA) is 84.2 Å². The Morgan fingerprint density at radius 1 is 1.24 bits per heavy atom. The average Bonchev–Trinajstić information content (AvgIpc) is 2.35. The van der Waals surface area contributed by atoms with Gasteiger partial charge in [0.05, 0.1) is 0 Å². The largest absolute Gasteiger partial charge is 0.323 e. The second-order valence-corrected chi connectivity index (χ2v) is 5.35. The summed E-state index contributed by atoms with van der Waals surface area (Å²) < 4.78 is 27.7. The molecule has 0 spiro atoms. The Morgan fingerprint density at radius 3 is 2.47 bits per heavy atom. The fourth-order valence-electron chi connectivity index (χ4n) is 1.31. The molecule has 17 heavy (non-hydrogen) atoms. The highest BCUT2D eigenvalue weighted by Crippen LogP contribution is 2.07. The van der Waals surface area contributed by atoms with Gasteiger partial charge in [0.25, 0.3) is 10.2 Å². The smallest absolute Gasteiger partial charge is 0.276 e. The van der Waals surface area contributed by atoms with Crippen LogP contribution in [0.2, 0.25) is 0 Å². The second kappa shape index (κ2) is 6.70. The van der Waals surface area contributed by atoms with Gasteiger partial charge in [-0.2, -0.15) is 8.42 Å². The zero-order valence-electron chi connectivity index (χ0n) is 9.89. The lowest BCUT2D eigenvalue weighted by Crippen LogP contribution is -2.40. The average molecular weight is 257 g/mol. The molecule has 6 heteroatoms. The fraction of sp³-hybridized carbons (Fsp3) is 0.455. The van der Waals surface area contributed by atoms with Gasteiger partial charge >= 0.3 is 0 Å². The van der Waals surface area contributed by atoms with Crippen LogP contribution in [0.25, 0.3) is 0 Å². The Labute approximate surface area is 103 Å². The molecule has 1 unspecified atom stereocenters.